The number of nitrogens with zero attached hydrogens (tertiary/aromatic N) is 1. The van der Waals surface area contributed by atoms with Gasteiger partial charge in [-0.15, -0.1) is 0 Å². The van der Waals surface area contributed by atoms with Gasteiger partial charge in [0.15, 0.2) is 0 Å². The van der Waals surface area contributed by atoms with Crippen molar-refractivity contribution in [1.82, 2.24) is 0 Å². The van der Waals surface area contributed by atoms with E-state index in [0.717, 1.165) is 11.1 Å². The maximum Gasteiger partial charge on any atom is 0.307 e. The highest BCUT2D eigenvalue weighted by Crippen LogP contribution is 2.31. The molecule has 0 aromatic heterocycles. The van der Waals surface area contributed by atoms with Crippen molar-refractivity contribution in [2.75, 3.05) is 12.4 Å². The summed E-state index contributed by atoms with van der Waals surface area (Å²) >= 11 is 0. The molecule has 110 valence electrons. The average molecular weight is 288 g/mol. The van der Waals surface area contributed by atoms with Crippen LogP contribution in [-0.4, -0.2) is 24.0 Å². The van der Waals surface area contributed by atoms with Gasteiger partial charge in [-0.2, -0.15) is 0 Å². The maximum atomic E-state index is 11.3. The predicted octanol–water partition coefficient (Wildman–Crippen LogP) is 3.11. The number of fused-ring (bicyclic) bond motifs is 1. The number of non-ortho nitro benzene ring substituents is 1. The largest absolute Gasteiger partial charge is 0.469 e. The minimum atomic E-state index is -0.399. The molecule has 21 heavy (non-hydrogen) atoms. The zero-order valence-electron chi connectivity index (χ0n) is 11.8. The molecule has 0 bridgehead atoms. The zero-order chi connectivity index (χ0) is 15.4. The lowest BCUT2D eigenvalue weighted by molar-refractivity contribution is -0.383. The Morgan fingerprint density at radius 2 is 1.95 bits per heavy atom. The Morgan fingerprint density at radius 3 is 2.57 bits per heavy atom. The Labute approximate surface area is 121 Å². The third-order valence-corrected chi connectivity index (χ3v) is 3.20. The van der Waals surface area contributed by atoms with Crippen molar-refractivity contribution in [2.45, 2.75) is 19.4 Å². The van der Waals surface area contributed by atoms with Crippen molar-refractivity contribution in [2.24, 2.45) is 0 Å². The molecule has 0 heterocycles. The van der Waals surface area contributed by atoms with Gasteiger partial charge in [0.1, 0.15) is 0 Å². The molecule has 6 nitrogen and oxygen atoms in total. The summed E-state index contributed by atoms with van der Waals surface area (Å²) in [6.07, 6.45) is 0.224. The van der Waals surface area contributed by atoms with Crippen LogP contribution in [0.3, 0.4) is 0 Å². The van der Waals surface area contributed by atoms with E-state index in [1.54, 1.807) is 18.2 Å². The monoisotopic (exact) mass is 288 g/mol. The number of rotatable bonds is 5. The molecule has 6 heteroatoms. The van der Waals surface area contributed by atoms with E-state index >= 15 is 0 Å². The number of nitro benzene ring substituents is 1. The van der Waals surface area contributed by atoms with Crippen molar-refractivity contribution in [3.63, 3.8) is 0 Å². The van der Waals surface area contributed by atoms with Gasteiger partial charge in [0, 0.05) is 23.2 Å². The second-order valence-electron chi connectivity index (χ2n) is 4.76. The van der Waals surface area contributed by atoms with Crippen LogP contribution in [0.15, 0.2) is 36.4 Å². The number of carbonyl (C=O) groups is 1. The molecule has 0 unspecified atom stereocenters. The molecule has 2 aromatic carbocycles. The molecule has 0 saturated heterocycles. The first kappa shape index (κ1) is 14.8. The van der Waals surface area contributed by atoms with Crippen molar-refractivity contribution in [3.8, 4) is 0 Å². The minimum Gasteiger partial charge on any atom is -0.469 e. The first-order valence-electron chi connectivity index (χ1n) is 6.52. The number of benzene rings is 2. The third-order valence-electron chi connectivity index (χ3n) is 3.20. The smallest absolute Gasteiger partial charge is 0.307 e. The number of anilines is 1. The molecule has 0 aliphatic heterocycles. The number of hydrogen-bond acceptors (Lipinski definition) is 5. The van der Waals surface area contributed by atoms with Crippen LogP contribution in [-0.2, 0) is 9.53 Å². The summed E-state index contributed by atoms with van der Waals surface area (Å²) in [5.74, 6) is -0.304. The van der Waals surface area contributed by atoms with E-state index in [1.165, 1.54) is 13.2 Å². The highest BCUT2D eigenvalue weighted by Gasteiger charge is 2.15. The number of methoxy groups -OCH3 is 1. The fourth-order valence-electron chi connectivity index (χ4n) is 2.22. The molecule has 2 rings (SSSR count). The van der Waals surface area contributed by atoms with Gasteiger partial charge in [0.2, 0.25) is 0 Å². The first-order chi connectivity index (χ1) is 10.0. The van der Waals surface area contributed by atoms with Crippen molar-refractivity contribution < 1.29 is 14.5 Å². The van der Waals surface area contributed by atoms with Gasteiger partial charge in [0.05, 0.1) is 23.8 Å². The second-order valence-corrected chi connectivity index (χ2v) is 4.76. The van der Waals surface area contributed by atoms with Gasteiger partial charge in [-0.05, 0) is 19.1 Å². The van der Waals surface area contributed by atoms with Crippen LogP contribution in [0, 0.1) is 10.1 Å². The summed E-state index contributed by atoms with van der Waals surface area (Å²) in [6.45, 7) is 1.85. The molecule has 1 atom stereocenters. The fraction of sp³-hybridized carbons (Fsp3) is 0.267. The van der Waals surface area contributed by atoms with Gasteiger partial charge in [-0.25, -0.2) is 0 Å². The molecule has 2 aromatic rings. The SMILES string of the molecule is COC(=O)C[C@H](C)Nc1ccc([N+](=O)[O-])c2ccccc12. The maximum absolute atomic E-state index is 11.3. The summed E-state index contributed by atoms with van der Waals surface area (Å²) in [5, 5.41) is 15.6. The van der Waals surface area contributed by atoms with Crippen molar-refractivity contribution >= 4 is 28.1 Å². The van der Waals surface area contributed by atoms with E-state index in [9.17, 15) is 14.9 Å². The van der Waals surface area contributed by atoms with Crippen LogP contribution in [0.1, 0.15) is 13.3 Å². The Hall–Kier alpha value is -2.63. The molecule has 0 spiro atoms. The van der Waals surface area contributed by atoms with E-state index in [2.05, 4.69) is 10.1 Å². The number of carbonyl (C=O) groups excluding carboxylic acids is 1. The third kappa shape index (κ3) is 3.28. The van der Waals surface area contributed by atoms with Crippen LogP contribution in [0.2, 0.25) is 0 Å². The Bertz CT molecular complexity index is 684. The molecule has 0 saturated carbocycles. The number of nitro groups is 1. The zero-order valence-corrected chi connectivity index (χ0v) is 11.8. The number of ether oxygens (including phenoxy) is 1. The summed E-state index contributed by atoms with van der Waals surface area (Å²) < 4.78 is 4.63. The van der Waals surface area contributed by atoms with Crippen LogP contribution in [0.25, 0.3) is 10.8 Å². The molecule has 0 amide bonds. The molecule has 0 fully saturated rings. The first-order valence-corrected chi connectivity index (χ1v) is 6.52. The molecule has 0 aliphatic carbocycles. The Morgan fingerprint density at radius 1 is 1.29 bits per heavy atom. The van der Waals surface area contributed by atoms with Crippen LogP contribution in [0.4, 0.5) is 11.4 Å². The van der Waals surface area contributed by atoms with Gasteiger partial charge in [-0.1, -0.05) is 18.2 Å². The second kappa shape index (κ2) is 6.21. The van der Waals surface area contributed by atoms with Gasteiger partial charge in [-0.3, -0.25) is 14.9 Å². The van der Waals surface area contributed by atoms with Crippen LogP contribution in [0.5, 0.6) is 0 Å². The lowest BCUT2D eigenvalue weighted by Gasteiger charge is -2.16. The predicted molar refractivity (Wildman–Crippen MR) is 80.3 cm³/mol. The molecule has 0 aliphatic rings. The fourth-order valence-corrected chi connectivity index (χ4v) is 2.22. The van der Waals surface area contributed by atoms with E-state index in [0.29, 0.717) is 5.39 Å². The quantitative estimate of drug-likeness (QED) is 0.519. The van der Waals surface area contributed by atoms with E-state index in [4.69, 9.17) is 0 Å². The minimum absolute atomic E-state index is 0.0665. The van der Waals surface area contributed by atoms with E-state index in [-0.39, 0.29) is 24.1 Å². The normalized spacial score (nSPS) is 11.9. The van der Waals surface area contributed by atoms with E-state index < -0.39 is 4.92 Å². The lowest BCUT2D eigenvalue weighted by atomic mass is 10.1. The van der Waals surface area contributed by atoms with Crippen LogP contribution < -0.4 is 5.32 Å². The summed E-state index contributed by atoms with van der Waals surface area (Å²) in [4.78, 5) is 21.9. The Kier molecular flexibility index (Phi) is 4.37. The summed E-state index contributed by atoms with van der Waals surface area (Å²) in [7, 11) is 1.34. The number of nitrogens with one attached hydrogen (secondary N) is 1. The van der Waals surface area contributed by atoms with Crippen molar-refractivity contribution in [3.05, 3.63) is 46.5 Å². The average Bonchev–Trinajstić information content (AvgIpc) is 2.47. The Balaban J connectivity index is 2.35. The van der Waals surface area contributed by atoms with Gasteiger partial charge >= 0.3 is 5.97 Å². The molecular weight excluding hydrogens is 272 g/mol. The van der Waals surface area contributed by atoms with Crippen LogP contribution >= 0.6 is 0 Å². The highest BCUT2D eigenvalue weighted by atomic mass is 16.6. The summed E-state index contributed by atoms with van der Waals surface area (Å²) in [5.41, 5.74) is 0.823. The number of esters is 1. The topological polar surface area (TPSA) is 81.5 Å². The molecule has 1 N–H and O–H groups in total. The highest BCUT2D eigenvalue weighted by molar-refractivity contribution is 5.99. The van der Waals surface area contributed by atoms with Gasteiger partial charge in [0.25, 0.3) is 5.69 Å². The van der Waals surface area contributed by atoms with E-state index in [1.807, 2.05) is 19.1 Å². The standard InChI is InChI=1S/C15H16N2O4/c1-10(9-15(18)21-2)16-13-7-8-14(17(19)20)12-6-4-3-5-11(12)13/h3-8,10,16H,9H2,1-2H3/t10-/m0/s1. The molecular formula is C15H16N2O4. The number of hydrogen-bond donors (Lipinski definition) is 1. The molecule has 0 radical (unpaired) electrons. The lowest BCUT2D eigenvalue weighted by Crippen LogP contribution is -2.20. The van der Waals surface area contributed by atoms with Crippen molar-refractivity contribution in [1.29, 1.82) is 0 Å². The van der Waals surface area contributed by atoms with Gasteiger partial charge < -0.3 is 10.1 Å². The summed E-state index contributed by atoms with van der Waals surface area (Å²) in [6, 6.07) is 10.1.